The summed E-state index contributed by atoms with van der Waals surface area (Å²) in [7, 11) is -0.914. The summed E-state index contributed by atoms with van der Waals surface area (Å²) in [5.74, 6) is 1.34. The van der Waals surface area contributed by atoms with Gasteiger partial charge in [-0.05, 0) is 11.5 Å². The van der Waals surface area contributed by atoms with E-state index in [0.29, 0.717) is 18.0 Å². The van der Waals surface area contributed by atoms with Gasteiger partial charge in [0.15, 0.2) is 11.5 Å². The molecule has 2 aliphatic heterocycles. The number of nitrogens with two attached hydrogens (primary N) is 1. The van der Waals surface area contributed by atoms with Crippen molar-refractivity contribution in [2.45, 2.75) is 6.10 Å². The van der Waals surface area contributed by atoms with Crippen LogP contribution in [0.5, 0.6) is 11.5 Å². The van der Waals surface area contributed by atoms with Crippen molar-refractivity contribution in [2.75, 3.05) is 13.3 Å². The van der Waals surface area contributed by atoms with Gasteiger partial charge in [-0.2, -0.15) is 0 Å². The van der Waals surface area contributed by atoms with Crippen molar-refractivity contribution in [3.8, 4) is 11.5 Å². The molecule has 1 atom stereocenters. The first-order valence-corrected chi connectivity index (χ1v) is 4.77. The molecule has 0 radical (unpaired) electrons. The Labute approximate surface area is 99.0 Å². The molecule has 1 aromatic carbocycles. The maximum atomic E-state index is 9.64. The molecule has 0 aromatic heterocycles. The molecule has 1 aromatic rings. The SMILES string of the molecule is Cl.NCC1OB(O)c2ccc3c(c21)OCO3. The Morgan fingerprint density at radius 3 is 3.00 bits per heavy atom. The van der Waals surface area contributed by atoms with E-state index in [2.05, 4.69) is 0 Å². The minimum absolute atomic E-state index is 0. The van der Waals surface area contributed by atoms with Crippen LogP contribution in [0.15, 0.2) is 12.1 Å². The molecule has 0 spiro atoms. The van der Waals surface area contributed by atoms with Crippen molar-refractivity contribution in [1.29, 1.82) is 0 Å². The second-order valence-electron chi connectivity index (χ2n) is 3.52. The first kappa shape index (κ1) is 11.5. The van der Waals surface area contributed by atoms with Crippen molar-refractivity contribution in [3.63, 3.8) is 0 Å². The molecule has 16 heavy (non-hydrogen) atoms. The van der Waals surface area contributed by atoms with E-state index in [9.17, 15) is 5.02 Å². The molecule has 0 aliphatic carbocycles. The number of ether oxygens (including phenoxy) is 2. The first-order valence-electron chi connectivity index (χ1n) is 4.77. The summed E-state index contributed by atoms with van der Waals surface area (Å²) < 4.78 is 15.9. The zero-order chi connectivity index (χ0) is 10.4. The van der Waals surface area contributed by atoms with Crippen LogP contribution in [0, 0.1) is 0 Å². The minimum Gasteiger partial charge on any atom is -0.454 e. The van der Waals surface area contributed by atoms with Crippen molar-refractivity contribution in [3.05, 3.63) is 17.7 Å². The van der Waals surface area contributed by atoms with Crippen molar-refractivity contribution < 1.29 is 19.2 Å². The molecule has 0 amide bonds. The summed E-state index contributed by atoms with van der Waals surface area (Å²) >= 11 is 0. The van der Waals surface area contributed by atoms with Crippen LogP contribution < -0.4 is 20.7 Å². The lowest BCUT2D eigenvalue weighted by Gasteiger charge is -2.10. The molecule has 2 aliphatic rings. The van der Waals surface area contributed by atoms with Gasteiger partial charge in [0.05, 0.1) is 6.10 Å². The third kappa shape index (κ3) is 1.46. The summed E-state index contributed by atoms with van der Waals surface area (Å²) in [6, 6.07) is 3.55. The molecular weight excluding hydrogens is 232 g/mol. The normalized spacial score (nSPS) is 20.6. The number of fused-ring (bicyclic) bond motifs is 3. The van der Waals surface area contributed by atoms with Crippen LogP contribution >= 0.6 is 12.4 Å². The molecule has 5 nitrogen and oxygen atoms in total. The molecule has 86 valence electrons. The fourth-order valence-corrected chi connectivity index (χ4v) is 2.03. The zero-order valence-electron chi connectivity index (χ0n) is 8.38. The fourth-order valence-electron chi connectivity index (χ4n) is 2.03. The largest absolute Gasteiger partial charge is 0.492 e. The minimum atomic E-state index is -0.914. The Hall–Kier alpha value is -0.945. The summed E-state index contributed by atoms with van der Waals surface area (Å²) in [6.07, 6.45) is -0.313. The van der Waals surface area contributed by atoms with Crippen LogP contribution in [0.4, 0.5) is 0 Å². The van der Waals surface area contributed by atoms with Crippen LogP contribution in [0.3, 0.4) is 0 Å². The van der Waals surface area contributed by atoms with E-state index in [1.165, 1.54) is 0 Å². The first-order chi connectivity index (χ1) is 7.31. The summed E-state index contributed by atoms with van der Waals surface area (Å²) in [6.45, 7) is 0.517. The van der Waals surface area contributed by atoms with Gasteiger partial charge in [0.2, 0.25) is 6.79 Å². The van der Waals surface area contributed by atoms with Crippen molar-refractivity contribution in [1.82, 2.24) is 0 Å². The smallest absolute Gasteiger partial charge is 0.454 e. The van der Waals surface area contributed by atoms with Crippen molar-refractivity contribution >= 4 is 25.0 Å². The van der Waals surface area contributed by atoms with Crippen LogP contribution in [0.2, 0.25) is 0 Å². The maximum absolute atomic E-state index is 9.64. The lowest BCUT2D eigenvalue weighted by Crippen LogP contribution is -2.27. The van der Waals surface area contributed by atoms with Gasteiger partial charge in [-0.3, -0.25) is 0 Å². The van der Waals surface area contributed by atoms with E-state index in [0.717, 1.165) is 11.0 Å². The lowest BCUT2D eigenvalue weighted by molar-refractivity contribution is 0.166. The molecule has 2 heterocycles. The van der Waals surface area contributed by atoms with Gasteiger partial charge in [0, 0.05) is 12.1 Å². The highest BCUT2D eigenvalue weighted by Gasteiger charge is 2.39. The Bertz CT molecular complexity index is 417. The van der Waals surface area contributed by atoms with Gasteiger partial charge in [-0.25, -0.2) is 0 Å². The molecular formula is C9H11BClNO4. The topological polar surface area (TPSA) is 73.9 Å². The molecule has 3 rings (SSSR count). The highest BCUT2D eigenvalue weighted by Crippen LogP contribution is 2.40. The molecule has 0 saturated heterocycles. The molecule has 3 N–H and O–H groups in total. The Balaban J connectivity index is 0.000000963. The third-order valence-corrected chi connectivity index (χ3v) is 2.71. The highest BCUT2D eigenvalue weighted by molar-refractivity contribution is 6.62. The van der Waals surface area contributed by atoms with Crippen LogP contribution in [0.1, 0.15) is 11.7 Å². The Kier molecular flexibility index (Phi) is 2.99. The van der Waals surface area contributed by atoms with E-state index in [-0.39, 0.29) is 25.3 Å². The van der Waals surface area contributed by atoms with Crippen molar-refractivity contribution in [2.24, 2.45) is 5.73 Å². The van der Waals surface area contributed by atoms with Gasteiger partial charge < -0.3 is 24.9 Å². The lowest BCUT2D eigenvalue weighted by atomic mass is 9.79. The maximum Gasteiger partial charge on any atom is 0.492 e. The molecule has 7 heteroatoms. The van der Waals surface area contributed by atoms with E-state index < -0.39 is 7.12 Å². The zero-order valence-corrected chi connectivity index (χ0v) is 9.20. The number of hydrogen-bond donors (Lipinski definition) is 2. The summed E-state index contributed by atoms with van der Waals surface area (Å²) in [5.41, 5.74) is 7.11. The number of hydrogen-bond acceptors (Lipinski definition) is 5. The monoisotopic (exact) mass is 243 g/mol. The number of benzene rings is 1. The standard InChI is InChI=1S/C9H10BNO4.ClH/c11-3-7-8-5(10(12)15-7)1-2-6-9(8)14-4-13-6;/h1-2,7,12H,3-4,11H2;1H. The van der Waals surface area contributed by atoms with Crippen LogP contribution in [-0.2, 0) is 4.65 Å². The number of halogens is 1. The van der Waals surface area contributed by atoms with Gasteiger partial charge in [0.25, 0.3) is 0 Å². The average molecular weight is 243 g/mol. The predicted molar refractivity (Wildman–Crippen MR) is 60.3 cm³/mol. The molecule has 1 unspecified atom stereocenters. The third-order valence-electron chi connectivity index (χ3n) is 2.71. The van der Waals surface area contributed by atoms with Gasteiger partial charge in [0.1, 0.15) is 0 Å². The highest BCUT2D eigenvalue weighted by atomic mass is 35.5. The van der Waals surface area contributed by atoms with Gasteiger partial charge in [-0.1, -0.05) is 6.07 Å². The second kappa shape index (κ2) is 4.14. The summed E-state index contributed by atoms with van der Waals surface area (Å²) in [4.78, 5) is 0. The average Bonchev–Trinajstić information content (AvgIpc) is 2.81. The quantitative estimate of drug-likeness (QED) is 0.654. The number of rotatable bonds is 1. The van der Waals surface area contributed by atoms with E-state index in [1.54, 1.807) is 12.1 Å². The van der Waals surface area contributed by atoms with Crippen LogP contribution in [-0.4, -0.2) is 25.5 Å². The Morgan fingerprint density at radius 1 is 1.44 bits per heavy atom. The van der Waals surface area contributed by atoms with Gasteiger partial charge >= 0.3 is 7.12 Å². The Morgan fingerprint density at radius 2 is 2.25 bits per heavy atom. The molecule has 0 bridgehead atoms. The summed E-state index contributed by atoms with van der Waals surface area (Å²) in [5, 5.41) is 9.64. The van der Waals surface area contributed by atoms with Crippen LogP contribution in [0.25, 0.3) is 0 Å². The van der Waals surface area contributed by atoms with Gasteiger partial charge in [-0.15, -0.1) is 12.4 Å². The fraction of sp³-hybridized carbons (Fsp3) is 0.333. The van der Waals surface area contributed by atoms with E-state index in [4.69, 9.17) is 19.9 Å². The molecule has 0 saturated carbocycles. The van der Waals surface area contributed by atoms with E-state index in [1.807, 2.05) is 0 Å². The second-order valence-corrected chi connectivity index (χ2v) is 3.52. The van der Waals surface area contributed by atoms with E-state index >= 15 is 0 Å². The molecule has 0 fully saturated rings. The predicted octanol–water partition coefficient (Wildman–Crippen LogP) is -0.445.